The molecule has 0 saturated carbocycles. The first-order valence-corrected chi connectivity index (χ1v) is 8.32. The van der Waals surface area contributed by atoms with E-state index in [2.05, 4.69) is 32.6 Å². The highest BCUT2D eigenvalue weighted by Crippen LogP contribution is 2.32. The minimum Gasteiger partial charge on any atom is -0.278 e. The van der Waals surface area contributed by atoms with Crippen LogP contribution < -0.4 is 0 Å². The molecule has 1 aromatic carbocycles. The van der Waals surface area contributed by atoms with E-state index in [1.54, 1.807) is 6.20 Å². The maximum Gasteiger partial charge on any atom is 0.165 e. The Morgan fingerprint density at radius 2 is 2.05 bits per heavy atom. The molecule has 2 heterocycles. The van der Waals surface area contributed by atoms with Crippen LogP contribution in [0.5, 0.6) is 0 Å². The number of hydrogen-bond donors (Lipinski definition) is 0. The summed E-state index contributed by atoms with van der Waals surface area (Å²) in [7, 11) is 0. The molecule has 0 saturated heterocycles. The molecule has 0 fully saturated rings. The van der Waals surface area contributed by atoms with Crippen molar-refractivity contribution in [1.29, 1.82) is 0 Å². The summed E-state index contributed by atoms with van der Waals surface area (Å²) in [4.78, 5) is 9.13. The van der Waals surface area contributed by atoms with Gasteiger partial charge in [-0.25, -0.2) is 9.97 Å². The van der Waals surface area contributed by atoms with Gasteiger partial charge in [-0.1, -0.05) is 11.6 Å². The van der Waals surface area contributed by atoms with Gasteiger partial charge in [0.05, 0.1) is 16.1 Å². The predicted octanol–water partition coefficient (Wildman–Crippen LogP) is 5.29. The van der Waals surface area contributed by atoms with Gasteiger partial charge in [0, 0.05) is 9.77 Å². The first kappa shape index (κ1) is 15.1. The number of rotatable bonds is 2. The molecule has 1 atom stereocenters. The van der Waals surface area contributed by atoms with Gasteiger partial charge in [-0.2, -0.15) is 0 Å². The number of halogens is 3. The van der Waals surface area contributed by atoms with Crippen molar-refractivity contribution in [2.45, 2.75) is 19.2 Å². The Labute approximate surface area is 146 Å². The zero-order valence-electron chi connectivity index (χ0n) is 11.4. The number of imidazole rings is 1. The van der Waals surface area contributed by atoms with Crippen molar-refractivity contribution < 1.29 is 0 Å². The normalized spacial score (nSPS) is 12.8. The van der Waals surface area contributed by atoms with Crippen LogP contribution in [0.4, 0.5) is 0 Å². The number of benzene rings is 1. The lowest BCUT2D eigenvalue weighted by atomic mass is 10.2. The molecule has 0 spiro atoms. The lowest BCUT2D eigenvalue weighted by Crippen LogP contribution is -2.03. The maximum atomic E-state index is 6.41. The molecule has 21 heavy (non-hydrogen) atoms. The highest BCUT2D eigenvalue weighted by atomic mass is 127. The Balaban J connectivity index is 2.39. The molecule has 0 aliphatic heterocycles. The zero-order valence-corrected chi connectivity index (χ0v) is 15.1. The van der Waals surface area contributed by atoms with Crippen LogP contribution in [0, 0.1) is 10.5 Å². The van der Waals surface area contributed by atoms with Gasteiger partial charge in [0.25, 0.3) is 0 Å². The number of nitrogens with zero attached hydrogens (tertiary/aromatic N) is 3. The summed E-state index contributed by atoms with van der Waals surface area (Å²) in [5, 5.41) is 0.414. The first-order valence-electron chi connectivity index (χ1n) is 6.42. The highest BCUT2D eigenvalue weighted by Gasteiger charge is 2.19. The average Bonchev–Trinajstić information content (AvgIpc) is 2.80. The summed E-state index contributed by atoms with van der Waals surface area (Å²) in [6.45, 7) is 3.91. The Hall–Kier alpha value is -0.850. The van der Waals surface area contributed by atoms with Gasteiger partial charge in [-0.3, -0.25) is 4.57 Å². The molecule has 2 aromatic heterocycles. The van der Waals surface area contributed by atoms with E-state index in [9.17, 15) is 0 Å². The average molecular weight is 432 g/mol. The van der Waals surface area contributed by atoms with E-state index in [1.807, 2.05) is 42.7 Å². The maximum absolute atomic E-state index is 6.41. The number of aromatic nitrogens is 3. The second kappa shape index (κ2) is 5.74. The van der Waals surface area contributed by atoms with Crippen molar-refractivity contribution >= 4 is 57.0 Å². The summed E-state index contributed by atoms with van der Waals surface area (Å²) in [6.07, 6.45) is 1.78. The van der Waals surface area contributed by atoms with E-state index in [1.165, 1.54) is 0 Å². The molecule has 6 heteroatoms. The third-order valence-corrected chi connectivity index (χ3v) is 4.45. The summed E-state index contributed by atoms with van der Waals surface area (Å²) in [5.41, 5.74) is 3.55. The third-order valence-electron chi connectivity index (χ3n) is 3.28. The zero-order chi connectivity index (χ0) is 15.1. The second-order valence-corrected chi connectivity index (χ2v) is 7.12. The van der Waals surface area contributed by atoms with Crippen molar-refractivity contribution in [2.24, 2.45) is 0 Å². The molecule has 3 aromatic rings. The Kier molecular flexibility index (Phi) is 4.12. The topological polar surface area (TPSA) is 30.7 Å². The molecule has 0 aliphatic rings. The SMILES string of the molecule is Cc1ccnc2c1nc(C(C)Cl)n2-c1ccc(I)cc1Cl. The van der Waals surface area contributed by atoms with E-state index in [0.717, 1.165) is 31.8 Å². The molecule has 108 valence electrons. The lowest BCUT2D eigenvalue weighted by Gasteiger charge is -2.12. The van der Waals surface area contributed by atoms with Gasteiger partial charge in [0.2, 0.25) is 0 Å². The van der Waals surface area contributed by atoms with Gasteiger partial charge in [0.15, 0.2) is 5.65 Å². The molecule has 3 rings (SSSR count). The molecule has 0 radical (unpaired) electrons. The molecule has 1 unspecified atom stereocenters. The third kappa shape index (κ3) is 2.64. The van der Waals surface area contributed by atoms with Gasteiger partial charge < -0.3 is 0 Å². The fraction of sp³-hybridized carbons (Fsp3) is 0.200. The minimum absolute atomic E-state index is 0.242. The fourth-order valence-electron chi connectivity index (χ4n) is 2.28. The lowest BCUT2D eigenvalue weighted by molar-refractivity contribution is 0.877. The number of alkyl halides is 1. The van der Waals surface area contributed by atoms with Gasteiger partial charge >= 0.3 is 0 Å². The van der Waals surface area contributed by atoms with Crippen molar-refractivity contribution in [3.8, 4) is 5.69 Å². The Morgan fingerprint density at radius 1 is 1.29 bits per heavy atom. The van der Waals surface area contributed by atoms with Crippen LogP contribution in [0.2, 0.25) is 5.02 Å². The number of pyridine rings is 1. The van der Waals surface area contributed by atoms with Crippen LogP contribution in [-0.4, -0.2) is 14.5 Å². The van der Waals surface area contributed by atoms with Crippen molar-refractivity contribution in [2.75, 3.05) is 0 Å². The van der Waals surface area contributed by atoms with Crippen LogP contribution in [-0.2, 0) is 0 Å². The Morgan fingerprint density at radius 3 is 2.71 bits per heavy atom. The standard InChI is InChI=1S/C15H12Cl2IN3/c1-8-5-6-19-15-13(8)20-14(9(2)16)21(15)12-4-3-10(18)7-11(12)17/h3-7,9H,1-2H3. The number of fused-ring (bicyclic) bond motifs is 1. The monoisotopic (exact) mass is 431 g/mol. The Bertz CT molecular complexity index is 827. The van der Waals surface area contributed by atoms with Crippen molar-refractivity contribution in [1.82, 2.24) is 14.5 Å². The van der Waals surface area contributed by atoms with E-state index >= 15 is 0 Å². The summed E-state index contributed by atoms with van der Waals surface area (Å²) < 4.78 is 3.02. The summed E-state index contributed by atoms with van der Waals surface area (Å²) in [5.74, 6) is 0.747. The van der Waals surface area contributed by atoms with E-state index < -0.39 is 0 Å². The molecular weight excluding hydrogens is 420 g/mol. The molecule has 0 N–H and O–H groups in total. The largest absolute Gasteiger partial charge is 0.278 e. The molecule has 0 bridgehead atoms. The van der Waals surface area contributed by atoms with Gasteiger partial charge in [-0.15, -0.1) is 11.6 Å². The first-order chi connectivity index (χ1) is 9.99. The number of aryl methyl sites for hydroxylation is 1. The van der Waals surface area contributed by atoms with Crippen LogP contribution >= 0.6 is 45.8 Å². The molecular formula is C15H12Cl2IN3. The summed E-state index contributed by atoms with van der Waals surface area (Å²) in [6, 6.07) is 7.84. The smallest absolute Gasteiger partial charge is 0.165 e. The fourth-order valence-corrected chi connectivity index (χ4v) is 3.36. The van der Waals surface area contributed by atoms with E-state index in [4.69, 9.17) is 23.2 Å². The predicted molar refractivity (Wildman–Crippen MR) is 95.6 cm³/mol. The van der Waals surface area contributed by atoms with Crippen molar-refractivity contribution in [3.05, 3.63) is 50.4 Å². The van der Waals surface area contributed by atoms with E-state index in [0.29, 0.717) is 5.02 Å². The van der Waals surface area contributed by atoms with Crippen molar-refractivity contribution in [3.63, 3.8) is 0 Å². The molecule has 3 nitrogen and oxygen atoms in total. The van der Waals surface area contributed by atoms with E-state index in [-0.39, 0.29) is 5.38 Å². The molecule has 0 amide bonds. The quantitative estimate of drug-likeness (QED) is 0.407. The van der Waals surface area contributed by atoms with Crippen LogP contribution in [0.25, 0.3) is 16.9 Å². The van der Waals surface area contributed by atoms with Gasteiger partial charge in [-0.05, 0) is 66.3 Å². The summed E-state index contributed by atoms with van der Waals surface area (Å²) >= 11 is 15.0. The van der Waals surface area contributed by atoms with Crippen LogP contribution in [0.3, 0.4) is 0 Å². The van der Waals surface area contributed by atoms with Crippen LogP contribution in [0.15, 0.2) is 30.5 Å². The van der Waals surface area contributed by atoms with Crippen LogP contribution in [0.1, 0.15) is 23.7 Å². The number of hydrogen-bond acceptors (Lipinski definition) is 2. The molecule has 0 aliphatic carbocycles. The second-order valence-electron chi connectivity index (χ2n) is 4.82. The van der Waals surface area contributed by atoms with Gasteiger partial charge in [0.1, 0.15) is 11.3 Å². The minimum atomic E-state index is -0.242. The highest BCUT2D eigenvalue weighted by molar-refractivity contribution is 14.1.